The highest BCUT2D eigenvalue weighted by Gasteiger charge is 2.26. The van der Waals surface area contributed by atoms with Crippen LogP contribution in [-0.4, -0.2) is 42.9 Å². The maximum Gasteiger partial charge on any atom is 0.226 e. The lowest BCUT2D eigenvalue weighted by molar-refractivity contribution is -0.126. The van der Waals surface area contributed by atoms with Crippen LogP contribution in [0.1, 0.15) is 46.6 Å². The molecule has 0 bridgehead atoms. The molecule has 8 heteroatoms. The lowest BCUT2D eigenvalue weighted by Crippen LogP contribution is -2.41. The van der Waals surface area contributed by atoms with Gasteiger partial charge in [-0.05, 0) is 68.6 Å². The zero-order valence-corrected chi connectivity index (χ0v) is 19.2. The summed E-state index contributed by atoms with van der Waals surface area (Å²) in [6, 6.07) is 6.40. The Labute approximate surface area is 191 Å². The number of aryl methyl sites for hydroxylation is 1. The van der Waals surface area contributed by atoms with Crippen LogP contribution in [0.3, 0.4) is 0 Å². The molecule has 1 aliphatic carbocycles. The van der Waals surface area contributed by atoms with Crippen LogP contribution < -0.4 is 10.6 Å². The number of rotatable bonds is 8. The Morgan fingerprint density at radius 1 is 1.26 bits per heavy atom. The van der Waals surface area contributed by atoms with E-state index in [-0.39, 0.29) is 17.7 Å². The van der Waals surface area contributed by atoms with Gasteiger partial charge in [-0.3, -0.25) is 9.59 Å². The van der Waals surface area contributed by atoms with Crippen LogP contribution in [0.4, 0.5) is 5.00 Å². The minimum absolute atomic E-state index is 0.0372. The number of hydrogen-bond acceptors (Lipinski definition) is 6. The molecule has 0 aromatic carbocycles. The summed E-state index contributed by atoms with van der Waals surface area (Å²) in [4.78, 5) is 29.6. The molecule has 0 spiro atoms. The SMILES string of the molecule is N#Cc1c(NC(=O)CCN2CCC(C(=O)NCCc3cccs3)CC2)sc2c1CCC2. The van der Waals surface area contributed by atoms with Crippen LogP contribution in [0.2, 0.25) is 0 Å². The maximum atomic E-state index is 12.4. The average Bonchev–Trinajstić information content (AvgIpc) is 3.50. The molecular formula is C23H28N4O2S2. The summed E-state index contributed by atoms with van der Waals surface area (Å²) in [5.41, 5.74) is 1.80. The maximum absolute atomic E-state index is 12.4. The Bertz CT molecular complexity index is 953. The molecule has 0 unspecified atom stereocenters. The zero-order valence-electron chi connectivity index (χ0n) is 17.6. The molecule has 2 aromatic heterocycles. The van der Waals surface area contributed by atoms with Gasteiger partial charge in [-0.2, -0.15) is 5.26 Å². The van der Waals surface area contributed by atoms with E-state index in [4.69, 9.17) is 0 Å². The van der Waals surface area contributed by atoms with Gasteiger partial charge >= 0.3 is 0 Å². The highest BCUT2D eigenvalue weighted by molar-refractivity contribution is 7.16. The fourth-order valence-electron chi connectivity index (χ4n) is 4.39. The van der Waals surface area contributed by atoms with Crippen molar-refractivity contribution in [3.8, 4) is 6.07 Å². The predicted molar refractivity (Wildman–Crippen MR) is 125 cm³/mol. The second-order valence-electron chi connectivity index (χ2n) is 8.21. The first-order chi connectivity index (χ1) is 15.1. The summed E-state index contributed by atoms with van der Waals surface area (Å²) in [5, 5.41) is 18.3. The van der Waals surface area contributed by atoms with Gasteiger partial charge in [0.25, 0.3) is 0 Å². The van der Waals surface area contributed by atoms with Crippen molar-refractivity contribution in [1.82, 2.24) is 10.2 Å². The molecule has 31 heavy (non-hydrogen) atoms. The van der Waals surface area contributed by atoms with Gasteiger partial charge in [0.2, 0.25) is 11.8 Å². The molecule has 1 aliphatic heterocycles. The van der Waals surface area contributed by atoms with Gasteiger partial charge in [0.15, 0.2) is 0 Å². The lowest BCUT2D eigenvalue weighted by atomic mass is 9.95. The standard InChI is InChI=1S/C23H28N4O2S2/c24-15-19-18-4-1-5-20(18)31-23(19)26-21(28)9-13-27-11-7-16(8-12-27)22(29)25-10-6-17-3-2-14-30-17/h2-3,14,16H,1,4-13H2,(H,25,29)(H,26,28). The first-order valence-corrected chi connectivity index (χ1v) is 12.7. The topological polar surface area (TPSA) is 85.2 Å². The van der Waals surface area contributed by atoms with E-state index in [1.54, 1.807) is 22.7 Å². The molecule has 2 N–H and O–H groups in total. The second-order valence-corrected chi connectivity index (χ2v) is 10.3. The summed E-state index contributed by atoms with van der Waals surface area (Å²) in [6.07, 6.45) is 6.03. The van der Waals surface area contributed by atoms with Crippen LogP contribution >= 0.6 is 22.7 Å². The van der Waals surface area contributed by atoms with E-state index in [1.165, 1.54) is 9.75 Å². The second kappa shape index (κ2) is 10.4. The number of anilines is 1. The number of nitrogens with zero attached hydrogens (tertiary/aromatic N) is 2. The van der Waals surface area contributed by atoms with E-state index < -0.39 is 0 Å². The predicted octanol–water partition coefficient (Wildman–Crippen LogP) is 3.57. The largest absolute Gasteiger partial charge is 0.355 e. The van der Waals surface area contributed by atoms with Crippen LogP contribution in [-0.2, 0) is 28.9 Å². The monoisotopic (exact) mass is 456 g/mol. The smallest absolute Gasteiger partial charge is 0.226 e. The summed E-state index contributed by atoms with van der Waals surface area (Å²) >= 11 is 3.28. The van der Waals surface area contributed by atoms with E-state index in [2.05, 4.69) is 33.0 Å². The van der Waals surface area contributed by atoms with Crippen LogP contribution in [0.15, 0.2) is 17.5 Å². The molecule has 0 saturated carbocycles. The molecule has 0 radical (unpaired) electrons. The number of fused-ring (bicyclic) bond motifs is 1. The number of nitrogens with one attached hydrogen (secondary N) is 2. The van der Waals surface area contributed by atoms with Crippen molar-refractivity contribution >= 4 is 39.5 Å². The van der Waals surface area contributed by atoms with Crippen LogP contribution in [0.5, 0.6) is 0 Å². The Hall–Kier alpha value is -2.21. The molecule has 1 saturated heterocycles. The lowest BCUT2D eigenvalue weighted by Gasteiger charge is -2.31. The third kappa shape index (κ3) is 5.53. The third-order valence-electron chi connectivity index (χ3n) is 6.15. The highest BCUT2D eigenvalue weighted by Crippen LogP contribution is 2.38. The van der Waals surface area contributed by atoms with Gasteiger partial charge in [-0.1, -0.05) is 6.07 Å². The first kappa shape index (κ1) is 22.0. The molecular weight excluding hydrogens is 428 g/mol. The van der Waals surface area contributed by atoms with E-state index >= 15 is 0 Å². The van der Waals surface area contributed by atoms with Crippen molar-refractivity contribution in [2.24, 2.45) is 5.92 Å². The fraction of sp³-hybridized carbons (Fsp3) is 0.522. The van der Waals surface area contributed by atoms with Gasteiger partial charge in [0.1, 0.15) is 11.1 Å². The van der Waals surface area contributed by atoms with Gasteiger partial charge in [-0.15, -0.1) is 22.7 Å². The minimum Gasteiger partial charge on any atom is -0.355 e. The number of carbonyl (C=O) groups excluding carboxylic acids is 2. The first-order valence-electron chi connectivity index (χ1n) is 11.0. The molecule has 2 amide bonds. The number of likely N-dealkylation sites (tertiary alicyclic amines) is 1. The van der Waals surface area contributed by atoms with E-state index in [9.17, 15) is 14.9 Å². The van der Waals surface area contributed by atoms with Crippen LogP contribution in [0.25, 0.3) is 0 Å². The summed E-state index contributed by atoms with van der Waals surface area (Å²) in [5.74, 6) is 0.189. The number of piperidine rings is 1. The molecule has 6 nitrogen and oxygen atoms in total. The fourth-order valence-corrected chi connectivity index (χ4v) is 6.35. The van der Waals surface area contributed by atoms with Crippen molar-refractivity contribution in [3.05, 3.63) is 38.4 Å². The van der Waals surface area contributed by atoms with Gasteiger partial charge in [0.05, 0.1) is 5.56 Å². The Balaban J connectivity index is 1.15. The molecule has 164 valence electrons. The zero-order chi connectivity index (χ0) is 21.6. The highest BCUT2D eigenvalue weighted by atomic mass is 32.1. The quantitative estimate of drug-likeness (QED) is 0.636. The molecule has 4 rings (SSSR count). The third-order valence-corrected chi connectivity index (χ3v) is 8.29. The average molecular weight is 457 g/mol. The van der Waals surface area contributed by atoms with E-state index in [0.29, 0.717) is 25.1 Å². The number of thiophene rings is 2. The summed E-state index contributed by atoms with van der Waals surface area (Å²) < 4.78 is 0. The van der Waals surface area contributed by atoms with Gasteiger partial charge < -0.3 is 15.5 Å². The van der Waals surface area contributed by atoms with Crippen molar-refractivity contribution < 1.29 is 9.59 Å². The molecule has 1 fully saturated rings. The number of carbonyl (C=O) groups is 2. The number of nitriles is 1. The molecule has 2 aromatic rings. The Kier molecular flexibility index (Phi) is 7.38. The van der Waals surface area contributed by atoms with Gasteiger partial charge in [-0.25, -0.2) is 0 Å². The van der Waals surface area contributed by atoms with E-state index in [1.807, 2.05) is 6.07 Å². The number of hydrogen-bond donors (Lipinski definition) is 2. The van der Waals surface area contributed by atoms with E-state index in [0.717, 1.165) is 62.2 Å². The van der Waals surface area contributed by atoms with Crippen molar-refractivity contribution in [2.75, 3.05) is 31.5 Å². The molecule has 0 atom stereocenters. The summed E-state index contributed by atoms with van der Waals surface area (Å²) in [7, 11) is 0. The summed E-state index contributed by atoms with van der Waals surface area (Å²) in [6.45, 7) is 3.06. The van der Waals surface area contributed by atoms with Crippen molar-refractivity contribution in [2.45, 2.75) is 44.9 Å². The van der Waals surface area contributed by atoms with Gasteiger partial charge in [0, 0.05) is 35.2 Å². The number of amides is 2. The normalized spacial score (nSPS) is 16.6. The molecule has 3 heterocycles. The Morgan fingerprint density at radius 2 is 2.10 bits per heavy atom. The Morgan fingerprint density at radius 3 is 2.84 bits per heavy atom. The van der Waals surface area contributed by atoms with Crippen molar-refractivity contribution in [1.29, 1.82) is 5.26 Å². The minimum atomic E-state index is -0.0372. The van der Waals surface area contributed by atoms with Crippen molar-refractivity contribution in [3.63, 3.8) is 0 Å². The molecule has 2 aliphatic rings. The van der Waals surface area contributed by atoms with Crippen LogP contribution in [0, 0.1) is 17.2 Å².